The van der Waals surface area contributed by atoms with E-state index in [0.29, 0.717) is 17.0 Å². The Hall–Kier alpha value is -3.55. The molecule has 4 rings (SSSR count). The predicted octanol–water partition coefficient (Wildman–Crippen LogP) is 4.63. The van der Waals surface area contributed by atoms with Crippen LogP contribution >= 0.6 is 0 Å². The van der Waals surface area contributed by atoms with Crippen LogP contribution in [0.2, 0.25) is 0 Å². The smallest absolute Gasteiger partial charge is 0.324 e. The zero-order chi connectivity index (χ0) is 19.7. The van der Waals surface area contributed by atoms with Crippen LogP contribution in [0, 0.1) is 0 Å². The summed E-state index contributed by atoms with van der Waals surface area (Å²) in [6.45, 7) is 0. The van der Waals surface area contributed by atoms with Crippen molar-refractivity contribution < 1.29 is 18.0 Å². The Morgan fingerprint density at radius 3 is 2.61 bits per heavy atom. The first-order chi connectivity index (χ1) is 13.4. The second kappa shape index (κ2) is 6.88. The first kappa shape index (κ1) is 17.8. The van der Waals surface area contributed by atoms with Crippen molar-refractivity contribution in [1.29, 1.82) is 0 Å². The van der Waals surface area contributed by atoms with Gasteiger partial charge >= 0.3 is 6.18 Å². The molecule has 3 heterocycles. The number of aromatic nitrogens is 2. The van der Waals surface area contributed by atoms with E-state index in [0.717, 1.165) is 17.7 Å². The number of amides is 1. The molecule has 1 amide bonds. The average molecular weight is 382 g/mol. The number of fused-ring (bicyclic) bond motifs is 1. The number of rotatable bonds is 2. The van der Waals surface area contributed by atoms with E-state index in [4.69, 9.17) is 0 Å². The Bertz CT molecular complexity index is 1080. The van der Waals surface area contributed by atoms with Crippen molar-refractivity contribution in [2.24, 2.45) is 4.99 Å². The zero-order valence-corrected chi connectivity index (χ0v) is 14.4. The normalized spacial score (nSPS) is 14.0. The van der Waals surface area contributed by atoms with Crippen LogP contribution in [-0.2, 0) is 11.0 Å². The Balaban J connectivity index is 1.76. The van der Waals surface area contributed by atoms with Crippen LogP contribution in [0.4, 0.5) is 24.5 Å². The molecule has 0 radical (unpaired) electrons. The maximum atomic E-state index is 12.9. The molecule has 140 valence electrons. The summed E-state index contributed by atoms with van der Waals surface area (Å²) in [4.78, 5) is 25.1. The van der Waals surface area contributed by atoms with Gasteiger partial charge in [0.25, 0.3) is 0 Å². The summed E-state index contributed by atoms with van der Waals surface area (Å²) in [5.74, 6) is -0.434. The van der Waals surface area contributed by atoms with Crippen molar-refractivity contribution in [2.75, 3.05) is 5.32 Å². The number of hydrogen-bond donors (Lipinski definition) is 1. The Morgan fingerprint density at radius 2 is 1.86 bits per heavy atom. The van der Waals surface area contributed by atoms with Crippen LogP contribution in [-0.4, -0.2) is 21.6 Å². The number of nitrogens with zero attached hydrogens (tertiary/aromatic N) is 3. The monoisotopic (exact) mass is 382 g/mol. The number of carbonyl (C=O) groups excluding carboxylic acids is 1. The molecular formula is C20H13F3N4O. The average Bonchev–Trinajstić information content (AvgIpc) is 2.85. The molecule has 0 atom stereocenters. The lowest BCUT2D eigenvalue weighted by atomic mass is 10.1. The van der Waals surface area contributed by atoms with E-state index in [1.54, 1.807) is 36.8 Å². The summed E-state index contributed by atoms with van der Waals surface area (Å²) in [7, 11) is 0. The maximum Gasteiger partial charge on any atom is 0.416 e. The Labute approximate surface area is 158 Å². The molecule has 5 nitrogen and oxygen atoms in total. The zero-order valence-electron chi connectivity index (χ0n) is 14.4. The molecule has 1 aliphatic heterocycles. The van der Waals surface area contributed by atoms with Gasteiger partial charge in [-0.25, -0.2) is 0 Å². The predicted molar refractivity (Wildman–Crippen MR) is 98.4 cm³/mol. The molecular weight excluding hydrogens is 369 g/mol. The highest BCUT2D eigenvalue weighted by Gasteiger charge is 2.31. The number of hydrogen-bond acceptors (Lipinski definition) is 4. The first-order valence-corrected chi connectivity index (χ1v) is 8.36. The van der Waals surface area contributed by atoms with Crippen molar-refractivity contribution in [2.45, 2.75) is 12.6 Å². The van der Waals surface area contributed by atoms with E-state index in [1.165, 1.54) is 6.07 Å². The summed E-state index contributed by atoms with van der Waals surface area (Å²) >= 11 is 0. The summed E-state index contributed by atoms with van der Waals surface area (Å²) in [6, 6.07) is 10.2. The molecule has 0 spiro atoms. The van der Waals surface area contributed by atoms with Crippen molar-refractivity contribution in [1.82, 2.24) is 9.97 Å². The standard InChI is InChI=1S/C20H13F3N4O/c21-20(22,23)14-3-4-15-18(9-14)27-19(28)10-17(26-15)12-5-7-25-16(8-12)13-2-1-6-24-11-13/h1-9,11H,10H2,(H,27,28). The van der Waals surface area contributed by atoms with Crippen LogP contribution in [0.1, 0.15) is 17.5 Å². The molecule has 2 aromatic heterocycles. The molecule has 0 saturated heterocycles. The number of aliphatic imine (C=N–C) groups is 1. The number of halogens is 3. The van der Waals surface area contributed by atoms with Gasteiger partial charge in [0, 0.05) is 29.7 Å². The van der Waals surface area contributed by atoms with Crippen LogP contribution in [0.3, 0.4) is 0 Å². The van der Waals surface area contributed by atoms with Crippen molar-refractivity contribution in [3.8, 4) is 11.3 Å². The highest BCUT2D eigenvalue weighted by atomic mass is 19.4. The topological polar surface area (TPSA) is 67.2 Å². The SMILES string of the molecule is O=C1CC(c2ccnc(-c3cccnc3)c2)=Nc2ccc(C(F)(F)F)cc2N1. The molecule has 3 aromatic rings. The molecule has 0 unspecified atom stereocenters. The quantitative estimate of drug-likeness (QED) is 0.703. The first-order valence-electron chi connectivity index (χ1n) is 8.36. The summed E-state index contributed by atoms with van der Waals surface area (Å²) in [5.41, 5.74) is 2.04. The van der Waals surface area contributed by atoms with Gasteiger partial charge in [-0.2, -0.15) is 13.2 Å². The minimum absolute atomic E-state index is 0.0383. The van der Waals surface area contributed by atoms with Gasteiger partial charge in [-0.05, 0) is 42.5 Å². The van der Waals surface area contributed by atoms with E-state index < -0.39 is 17.6 Å². The lowest BCUT2D eigenvalue weighted by molar-refractivity contribution is -0.137. The van der Waals surface area contributed by atoms with E-state index in [1.807, 2.05) is 6.07 Å². The molecule has 0 aliphatic carbocycles. The maximum absolute atomic E-state index is 12.9. The Morgan fingerprint density at radius 1 is 1.00 bits per heavy atom. The number of carbonyl (C=O) groups is 1. The molecule has 0 fully saturated rings. The highest BCUT2D eigenvalue weighted by molar-refractivity contribution is 6.17. The summed E-state index contributed by atoms with van der Waals surface area (Å²) < 4.78 is 38.8. The summed E-state index contributed by atoms with van der Waals surface area (Å²) in [6.07, 6.45) is 0.354. The van der Waals surface area contributed by atoms with E-state index >= 15 is 0 Å². The van der Waals surface area contributed by atoms with Gasteiger partial charge in [0.1, 0.15) is 0 Å². The third kappa shape index (κ3) is 3.62. The lowest BCUT2D eigenvalue weighted by Crippen LogP contribution is -2.15. The van der Waals surface area contributed by atoms with Crippen LogP contribution < -0.4 is 5.32 Å². The second-order valence-electron chi connectivity index (χ2n) is 6.18. The van der Waals surface area contributed by atoms with Crippen molar-refractivity contribution in [3.63, 3.8) is 0 Å². The van der Waals surface area contributed by atoms with Crippen LogP contribution in [0.5, 0.6) is 0 Å². The molecule has 8 heteroatoms. The highest BCUT2D eigenvalue weighted by Crippen LogP contribution is 2.36. The van der Waals surface area contributed by atoms with E-state index in [-0.39, 0.29) is 17.8 Å². The van der Waals surface area contributed by atoms with Gasteiger partial charge < -0.3 is 5.32 Å². The fraction of sp³-hybridized carbons (Fsp3) is 0.100. The van der Waals surface area contributed by atoms with Crippen LogP contribution in [0.15, 0.2) is 66.0 Å². The van der Waals surface area contributed by atoms with Gasteiger partial charge in [0.05, 0.1) is 34.8 Å². The van der Waals surface area contributed by atoms with Gasteiger partial charge in [0.2, 0.25) is 5.91 Å². The summed E-state index contributed by atoms with van der Waals surface area (Å²) in [5, 5.41) is 2.50. The number of pyridine rings is 2. The van der Waals surface area contributed by atoms with E-state index in [2.05, 4.69) is 20.3 Å². The lowest BCUT2D eigenvalue weighted by Gasteiger charge is -2.10. The molecule has 0 saturated carbocycles. The van der Waals surface area contributed by atoms with Crippen molar-refractivity contribution >= 4 is 23.0 Å². The number of anilines is 1. The molecule has 1 N–H and O–H groups in total. The third-order valence-corrected chi connectivity index (χ3v) is 4.23. The van der Waals surface area contributed by atoms with Gasteiger partial charge in [-0.1, -0.05) is 0 Å². The minimum atomic E-state index is -4.50. The van der Waals surface area contributed by atoms with Crippen LogP contribution in [0.25, 0.3) is 11.3 Å². The minimum Gasteiger partial charge on any atom is -0.324 e. The molecule has 0 bridgehead atoms. The number of nitrogens with one attached hydrogen (secondary N) is 1. The fourth-order valence-corrected chi connectivity index (χ4v) is 2.89. The molecule has 1 aliphatic rings. The van der Waals surface area contributed by atoms with E-state index in [9.17, 15) is 18.0 Å². The van der Waals surface area contributed by atoms with Gasteiger partial charge in [0.15, 0.2) is 0 Å². The second-order valence-corrected chi connectivity index (χ2v) is 6.18. The molecule has 28 heavy (non-hydrogen) atoms. The third-order valence-electron chi connectivity index (χ3n) is 4.23. The van der Waals surface area contributed by atoms with Gasteiger partial charge in [-0.15, -0.1) is 0 Å². The Kier molecular flexibility index (Phi) is 4.38. The fourth-order valence-electron chi connectivity index (χ4n) is 2.89. The number of alkyl halides is 3. The van der Waals surface area contributed by atoms with Gasteiger partial charge in [-0.3, -0.25) is 19.8 Å². The number of benzene rings is 1. The van der Waals surface area contributed by atoms with Crippen molar-refractivity contribution in [3.05, 3.63) is 72.2 Å². The largest absolute Gasteiger partial charge is 0.416 e. The molecule has 1 aromatic carbocycles.